The molecular formula is C16H15FN2O2. The second-order valence-electron chi connectivity index (χ2n) is 5.16. The van der Waals surface area contributed by atoms with Crippen molar-refractivity contribution in [2.24, 2.45) is 0 Å². The highest BCUT2D eigenvalue weighted by molar-refractivity contribution is 5.94. The van der Waals surface area contributed by atoms with Gasteiger partial charge in [-0.15, -0.1) is 0 Å². The summed E-state index contributed by atoms with van der Waals surface area (Å²) in [7, 11) is 1.74. The summed E-state index contributed by atoms with van der Waals surface area (Å²) >= 11 is 0. The number of rotatable bonds is 3. The Morgan fingerprint density at radius 1 is 1.29 bits per heavy atom. The summed E-state index contributed by atoms with van der Waals surface area (Å²) in [4.78, 5) is 17.7. The van der Waals surface area contributed by atoms with Gasteiger partial charge in [0.05, 0.1) is 0 Å². The van der Waals surface area contributed by atoms with Crippen LogP contribution >= 0.6 is 0 Å². The first kappa shape index (κ1) is 13.5. The number of anilines is 2. The summed E-state index contributed by atoms with van der Waals surface area (Å²) in [5.74, 6) is -0.927. The van der Waals surface area contributed by atoms with E-state index in [9.17, 15) is 14.3 Å². The maximum absolute atomic E-state index is 13.0. The van der Waals surface area contributed by atoms with E-state index in [4.69, 9.17) is 0 Å². The van der Waals surface area contributed by atoms with Crippen molar-refractivity contribution >= 4 is 17.5 Å². The lowest BCUT2D eigenvalue weighted by Gasteiger charge is -2.21. The predicted octanol–water partition coefficient (Wildman–Crippen LogP) is 3.18. The van der Waals surface area contributed by atoms with Crippen LogP contribution in [0.5, 0.6) is 0 Å². The molecule has 0 amide bonds. The molecule has 0 fully saturated rings. The van der Waals surface area contributed by atoms with Crippen molar-refractivity contribution < 1.29 is 14.3 Å². The van der Waals surface area contributed by atoms with Crippen LogP contribution < -0.4 is 4.90 Å². The van der Waals surface area contributed by atoms with Gasteiger partial charge in [0.1, 0.15) is 17.2 Å². The molecule has 1 aromatic heterocycles. The van der Waals surface area contributed by atoms with E-state index in [0.717, 1.165) is 30.5 Å². The van der Waals surface area contributed by atoms with E-state index in [1.165, 1.54) is 12.1 Å². The number of hydrogen-bond acceptors (Lipinski definition) is 3. The van der Waals surface area contributed by atoms with Crippen LogP contribution in [0.3, 0.4) is 0 Å². The molecule has 0 radical (unpaired) electrons. The van der Waals surface area contributed by atoms with E-state index >= 15 is 0 Å². The van der Waals surface area contributed by atoms with Gasteiger partial charge in [-0.2, -0.15) is 0 Å². The maximum Gasteiger partial charge on any atom is 0.339 e. The average Bonchev–Trinajstić information content (AvgIpc) is 2.93. The third kappa shape index (κ3) is 2.46. The molecule has 3 rings (SSSR count). The monoisotopic (exact) mass is 286 g/mol. The Morgan fingerprint density at radius 3 is 2.67 bits per heavy atom. The van der Waals surface area contributed by atoms with Crippen LogP contribution in [0, 0.1) is 5.82 Å². The van der Waals surface area contributed by atoms with E-state index in [0.29, 0.717) is 11.5 Å². The number of aryl methyl sites for hydroxylation is 2. The van der Waals surface area contributed by atoms with Crippen molar-refractivity contribution in [2.45, 2.75) is 19.3 Å². The standard InChI is InChI=1S/C16H15FN2O2/c1-19(12-7-5-11(17)6-8-12)15-13(16(20)21)9-10-3-2-4-14(10)18-15/h5-9H,2-4H2,1H3,(H,20,21). The van der Waals surface area contributed by atoms with Gasteiger partial charge in [0.15, 0.2) is 0 Å². The van der Waals surface area contributed by atoms with Crippen LogP contribution in [-0.2, 0) is 12.8 Å². The highest BCUT2D eigenvalue weighted by Gasteiger charge is 2.22. The van der Waals surface area contributed by atoms with Crippen LogP contribution in [0.4, 0.5) is 15.9 Å². The van der Waals surface area contributed by atoms with E-state index in [1.807, 2.05) is 0 Å². The van der Waals surface area contributed by atoms with Crippen molar-refractivity contribution in [1.82, 2.24) is 4.98 Å². The van der Waals surface area contributed by atoms with Crippen LogP contribution in [-0.4, -0.2) is 23.1 Å². The highest BCUT2D eigenvalue weighted by atomic mass is 19.1. The summed E-state index contributed by atoms with van der Waals surface area (Å²) in [6.45, 7) is 0. The minimum atomic E-state index is -0.999. The first-order valence-corrected chi connectivity index (χ1v) is 6.81. The second-order valence-corrected chi connectivity index (χ2v) is 5.16. The Hall–Kier alpha value is -2.43. The molecule has 1 aliphatic carbocycles. The maximum atomic E-state index is 13.0. The molecule has 21 heavy (non-hydrogen) atoms. The van der Waals surface area contributed by atoms with E-state index < -0.39 is 5.97 Å². The highest BCUT2D eigenvalue weighted by Crippen LogP contribution is 2.30. The number of fused-ring (bicyclic) bond motifs is 1. The molecule has 0 aliphatic heterocycles. The molecule has 0 spiro atoms. The topological polar surface area (TPSA) is 53.4 Å². The van der Waals surface area contributed by atoms with E-state index in [1.54, 1.807) is 30.1 Å². The number of pyridine rings is 1. The third-order valence-electron chi connectivity index (χ3n) is 3.79. The molecule has 1 N–H and O–H groups in total. The summed E-state index contributed by atoms with van der Waals surface area (Å²) in [5, 5.41) is 9.41. The number of aromatic carboxylic acids is 1. The van der Waals surface area contributed by atoms with Crippen molar-refractivity contribution in [3.05, 3.63) is 53.0 Å². The zero-order chi connectivity index (χ0) is 15.0. The number of nitrogens with zero attached hydrogens (tertiary/aromatic N) is 2. The van der Waals surface area contributed by atoms with Gasteiger partial charge in [-0.3, -0.25) is 0 Å². The Bertz CT molecular complexity index is 698. The fourth-order valence-electron chi connectivity index (χ4n) is 2.66. The first-order chi connectivity index (χ1) is 10.1. The molecule has 0 atom stereocenters. The number of benzene rings is 1. The SMILES string of the molecule is CN(c1ccc(F)cc1)c1nc2c(cc1C(=O)O)CCC2. The van der Waals surface area contributed by atoms with Crippen molar-refractivity contribution in [1.29, 1.82) is 0 Å². The molecule has 1 aliphatic rings. The van der Waals surface area contributed by atoms with Crippen LogP contribution in [0.15, 0.2) is 30.3 Å². The molecule has 0 saturated carbocycles. The van der Waals surface area contributed by atoms with Crippen LogP contribution in [0.25, 0.3) is 0 Å². The van der Waals surface area contributed by atoms with Gasteiger partial charge in [-0.05, 0) is 55.2 Å². The third-order valence-corrected chi connectivity index (χ3v) is 3.79. The molecule has 0 bridgehead atoms. The van der Waals surface area contributed by atoms with E-state index in [-0.39, 0.29) is 11.4 Å². The minimum Gasteiger partial charge on any atom is -0.478 e. The summed E-state index contributed by atoms with van der Waals surface area (Å²) in [5.41, 5.74) is 2.86. The largest absolute Gasteiger partial charge is 0.478 e. The summed E-state index contributed by atoms with van der Waals surface area (Å²) in [6, 6.07) is 7.62. The number of aromatic nitrogens is 1. The lowest BCUT2D eigenvalue weighted by molar-refractivity contribution is 0.0697. The Balaban J connectivity index is 2.08. The zero-order valence-corrected chi connectivity index (χ0v) is 11.6. The molecule has 1 aromatic carbocycles. The molecular weight excluding hydrogens is 271 g/mol. The number of halogens is 1. The zero-order valence-electron chi connectivity index (χ0n) is 11.6. The minimum absolute atomic E-state index is 0.183. The van der Waals surface area contributed by atoms with Crippen molar-refractivity contribution in [3.63, 3.8) is 0 Å². The number of hydrogen-bond donors (Lipinski definition) is 1. The fourth-order valence-corrected chi connectivity index (χ4v) is 2.66. The van der Waals surface area contributed by atoms with Crippen LogP contribution in [0.1, 0.15) is 28.0 Å². The van der Waals surface area contributed by atoms with Gasteiger partial charge in [-0.1, -0.05) is 0 Å². The van der Waals surface area contributed by atoms with Crippen molar-refractivity contribution in [2.75, 3.05) is 11.9 Å². The molecule has 1 heterocycles. The van der Waals surface area contributed by atoms with Gasteiger partial charge < -0.3 is 10.0 Å². The molecule has 0 saturated heterocycles. The number of carboxylic acids is 1. The lowest BCUT2D eigenvalue weighted by atomic mass is 10.1. The van der Waals surface area contributed by atoms with Gasteiger partial charge in [0, 0.05) is 18.4 Å². The normalized spacial score (nSPS) is 13.0. The van der Waals surface area contributed by atoms with Gasteiger partial charge in [0.2, 0.25) is 0 Å². The average molecular weight is 286 g/mol. The lowest BCUT2D eigenvalue weighted by Crippen LogP contribution is -2.17. The smallest absolute Gasteiger partial charge is 0.339 e. The van der Waals surface area contributed by atoms with Gasteiger partial charge >= 0.3 is 5.97 Å². The molecule has 4 nitrogen and oxygen atoms in total. The summed E-state index contributed by atoms with van der Waals surface area (Å²) < 4.78 is 13.0. The Kier molecular flexibility index (Phi) is 3.33. The Labute approximate surface area is 121 Å². The predicted molar refractivity (Wildman–Crippen MR) is 77.7 cm³/mol. The molecule has 0 unspecified atom stereocenters. The molecule has 108 valence electrons. The van der Waals surface area contributed by atoms with Gasteiger partial charge in [0.25, 0.3) is 0 Å². The first-order valence-electron chi connectivity index (χ1n) is 6.81. The fraction of sp³-hybridized carbons (Fsp3) is 0.250. The number of carboxylic acid groups (broad SMARTS) is 1. The molecule has 2 aromatic rings. The quantitative estimate of drug-likeness (QED) is 0.941. The van der Waals surface area contributed by atoms with Crippen molar-refractivity contribution in [3.8, 4) is 0 Å². The number of carbonyl (C=O) groups is 1. The van der Waals surface area contributed by atoms with E-state index in [2.05, 4.69) is 4.98 Å². The van der Waals surface area contributed by atoms with Crippen LogP contribution in [0.2, 0.25) is 0 Å². The summed E-state index contributed by atoms with van der Waals surface area (Å²) in [6.07, 6.45) is 2.76. The Morgan fingerprint density at radius 2 is 2.00 bits per heavy atom. The van der Waals surface area contributed by atoms with Gasteiger partial charge in [-0.25, -0.2) is 14.2 Å². The molecule has 5 heteroatoms. The second kappa shape index (κ2) is 5.16.